The highest BCUT2D eigenvalue weighted by Gasteiger charge is 2.16. The summed E-state index contributed by atoms with van der Waals surface area (Å²) in [6, 6.07) is 14.6. The highest BCUT2D eigenvalue weighted by atomic mass is 35.5. The number of nitrogens with zero attached hydrogens (tertiary/aromatic N) is 3. The SMILES string of the molecule is Cl.NCc1ccc2c(c1)NC(=O)CO2.O=C(O)c1nc2c(cnn2-c2ccccc2)c(=O)[nH]1. The number of carbonyl (C=O) groups is 2. The first-order valence-electron chi connectivity index (χ1n) is 9.48. The molecule has 0 fully saturated rings. The monoisotopic (exact) mass is 470 g/mol. The van der Waals surface area contributed by atoms with Gasteiger partial charge in [0.05, 0.1) is 17.6 Å². The molecule has 0 aliphatic carbocycles. The number of carboxylic acids is 1. The molecule has 0 spiro atoms. The van der Waals surface area contributed by atoms with Gasteiger partial charge in [-0.25, -0.2) is 14.5 Å². The minimum absolute atomic E-state index is 0. The van der Waals surface area contributed by atoms with Gasteiger partial charge in [0.2, 0.25) is 5.82 Å². The summed E-state index contributed by atoms with van der Waals surface area (Å²) in [5, 5.41) is 15.9. The van der Waals surface area contributed by atoms with E-state index in [1.54, 1.807) is 12.1 Å². The number of aromatic nitrogens is 4. The summed E-state index contributed by atoms with van der Waals surface area (Å²) >= 11 is 0. The van der Waals surface area contributed by atoms with Crippen molar-refractivity contribution in [3.8, 4) is 11.4 Å². The lowest BCUT2D eigenvalue weighted by molar-refractivity contribution is -0.118. The van der Waals surface area contributed by atoms with E-state index in [-0.39, 0.29) is 36.0 Å². The Morgan fingerprint density at radius 1 is 1.18 bits per heavy atom. The number of aromatic carboxylic acids is 1. The molecule has 2 aromatic carbocycles. The standard InChI is InChI=1S/C12H8N4O3.C9H10N2O2.ClH/c17-11-8-6-13-16(7-4-2-1-3-5-7)10(8)14-9(15-11)12(18)19;10-4-6-1-2-8-7(3-6)11-9(12)5-13-8;/h1-6H,(H,18,19)(H,14,15,17);1-3H,4-5,10H2,(H,11,12);1H. The number of nitrogens with two attached hydrogens (primary N) is 1. The van der Waals surface area contributed by atoms with Crippen LogP contribution in [-0.4, -0.2) is 43.3 Å². The second kappa shape index (κ2) is 9.94. The Balaban J connectivity index is 0.000000192. The molecule has 1 aliphatic rings. The molecule has 33 heavy (non-hydrogen) atoms. The minimum atomic E-state index is -1.29. The third kappa shape index (κ3) is 5.00. The van der Waals surface area contributed by atoms with E-state index in [0.29, 0.717) is 23.7 Å². The van der Waals surface area contributed by atoms with Crippen LogP contribution in [0.1, 0.15) is 16.2 Å². The van der Waals surface area contributed by atoms with Crippen molar-refractivity contribution < 1.29 is 19.4 Å². The molecule has 0 bridgehead atoms. The summed E-state index contributed by atoms with van der Waals surface area (Å²) in [4.78, 5) is 39.7. The van der Waals surface area contributed by atoms with Crippen molar-refractivity contribution in [2.45, 2.75) is 6.54 Å². The molecular weight excluding hydrogens is 452 g/mol. The Morgan fingerprint density at radius 2 is 1.94 bits per heavy atom. The first kappa shape index (κ1) is 23.4. The number of ether oxygens (including phenoxy) is 1. The molecule has 0 saturated heterocycles. The molecule has 2 aromatic heterocycles. The number of para-hydroxylation sites is 1. The second-order valence-corrected chi connectivity index (χ2v) is 6.72. The van der Waals surface area contributed by atoms with E-state index in [0.717, 1.165) is 5.56 Å². The molecule has 1 aliphatic heterocycles. The first-order chi connectivity index (χ1) is 15.5. The zero-order valence-electron chi connectivity index (χ0n) is 17.0. The van der Waals surface area contributed by atoms with E-state index in [9.17, 15) is 14.4 Å². The summed E-state index contributed by atoms with van der Waals surface area (Å²) in [6.45, 7) is 0.554. The van der Waals surface area contributed by atoms with Gasteiger partial charge in [0.15, 0.2) is 12.3 Å². The van der Waals surface area contributed by atoms with Crippen molar-refractivity contribution in [1.82, 2.24) is 19.7 Å². The number of hydrogen-bond donors (Lipinski definition) is 4. The number of nitrogens with one attached hydrogen (secondary N) is 2. The summed E-state index contributed by atoms with van der Waals surface area (Å²) in [6.07, 6.45) is 1.36. The van der Waals surface area contributed by atoms with Crippen LogP contribution in [0.15, 0.2) is 59.5 Å². The topological polar surface area (TPSA) is 165 Å². The van der Waals surface area contributed by atoms with Crippen molar-refractivity contribution in [2.24, 2.45) is 5.73 Å². The van der Waals surface area contributed by atoms with Gasteiger partial charge in [-0.1, -0.05) is 24.3 Å². The van der Waals surface area contributed by atoms with Gasteiger partial charge in [0.25, 0.3) is 11.5 Å². The zero-order chi connectivity index (χ0) is 22.7. The van der Waals surface area contributed by atoms with Crippen LogP contribution in [-0.2, 0) is 11.3 Å². The fourth-order valence-electron chi connectivity index (χ4n) is 3.04. The number of fused-ring (bicyclic) bond motifs is 2. The Morgan fingerprint density at radius 3 is 2.64 bits per heavy atom. The number of benzene rings is 2. The maximum Gasteiger partial charge on any atom is 0.372 e. The second-order valence-electron chi connectivity index (χ2n) is 6.72. The van der Waals surface area contributed by atoms with Crippen molar-refractivity contribution in [1.29, 1.82) is 0 Å². The number of halogens is 1. The van der Waals surface area contributed by atoms with Gasteiger partial charge in [-0.3, -0.25) is 9.59 Å². The first-order valence-corrected chi connectivity index (χ1v) is 9.48. The van der Waals surface area contributed by atoms with Crippen molar-refractivity contribution in [3.05, 3.63) is 76.5 Å². The van der Waals surface area contributed by atoms with Gasteiger partial charge in [-0.05, 0) is 29.8 Å². The van der Waals surface area contributed by atoms with Crippen LogP contribution >= 0.6 is 12.4 Å². The molecule has 4 aromatic rings. The normalized spacial score (nSPS) is 11.8. The molecule has 170 valence electrons. The lowest BCUT2D eigenvalue weighted by atomic mass is 10.1. The smallest absolute Gasteiger partial charge is 0.372 e. The van der Waals surface area contributed by atoms with E-state index in [1.807, 2.05) is 36.4 Å². The molecule has 0 atom stereocenters. The van der Waals surface area contributed by atoms with Crippen LogP contribution in [0.5, 0.6) is 5.75 Å². The predicted octanol–water partition coefficient (Wildman–Crippen LogP) is 1.70. The average Bonchev–Trinajstić information content (AvgIpc) is 3.24. The maximum absolute atomic E-state index is 11.7. The zero-order valence-corrected chi connectivity index (χ0v) is 17.8. The molecule has 1 amide bonds. The quantitative estimate of drug-likeness (QED) is 0.351. The van der Waals surface area contributed by atoms with E-state index in [1.165, 1.54) is 10.9 Å². The number of H-pyrrole nitrogens is 1. The number of anilines is 1. The minimum Gasteiger partial charge on any atom is -0.482 e. The lowest BCUT2D eigenvalue weighted by Crippen LogP contribution is -2.25. The number of aromatic amines is 1. The molecule has 0 radical (unpaired) electrons. The summed E-state index contributed by atoms with van der Waals surface area (Å²) in [5.74, 6) is -1.12. The number of carboxylic acid groups (broad SMARTS) is 1. The number of rotatable bonds is 3. The lowest BCUT2D eigenvalue weighted by Gasteiger charge is -2.18. The molecule has 5 N–H and O–H groups in total. The van der Waals surface area contributed by atoms with Crippen LogP contribution in [0, 0.1) is 0 Å². The van der Waals surface area contributed by atoms with Gasteiger partial charge in [0.1, 0.15) is 11.1 Å². The average molecular weight is 471 g/mol. The van der Waals surface area contributed by atoms with Gasteiger partial charge >= 0.3 is 5.97 Å². The predicted molar refractivity (Wildman–Crippen MR) is 122 cm³/mol. The van der Waals surface area contributed by atoms with Crippen LogP contribution in [0.3, 0.4) is 0 Å². The summed E-state index contributed by atoms with van der Waals surface area (Å²) in [5.41, 5.74) is 7.54. The Labute approximate surface area is 192 Å². The molecular formula is C21H19ClN6O5. The number of hydrogen-bond acceptors (Lipinski definition) is 7. The van der Waals surface area contributed by atoms with Crippen LogP contribution in [0.4, 0.5) is 5.69 Å². The van der Waals surface area contributed by atoms with E-state index >= 15 is 0 Å². The van der Waals surface area contributed by atoms with Crippen molar-refractivity contribution in [2.75, 3.05) is 11.9 Å². The molecule has 3 heterocycles. The van der Waals surface area contributed by atoms with Crippen LogP contribution < -0.4 is 21.3 Å². The van der Waals surface area contributed by atoms with Crippen molar-refractivity contribution in [3.63, 3.8) is 0 Å². The van der Waals surface area contributed by atoms with Gasteiger partial charge < -0.3 is 25.9 Å². The van der Waals surface area contributed by atoms with E-state index < -0.39 is 17.4 Å². The molecule has 12 heteroatoms. The largest absolute Gasteiger partial charge is 0.482 e. The highest BCUT2D eigenvalue weighted by molar-refractivity contribution is 5.95. The maximum atomic E-state index is 11.7. The highest BCUT2D eigenvalue weighted by Crippen LogP contribution is 2.28. The van der Waals surface area contributed by atoms with Gasteiger partial charge in [-0.2, -0.15) is 5.10 Å². The van der Waals surface area contributed by atoms with Crippen LogP contribution in [0.2, 0.25) is 0 Å². The van der Waals surface area contributed by atoms with Crippen molar-refractivity contribution >= 4 is 41.0 Å². The molecule has 0 saturated carbocycles. The van der Waals surface area contributed by atoms with E-state index in [4.69, 9.17) is 15.6 Å². The number of amides is 1. The molecule has 11 nitrogen and oxygen atoms in total. The number of carbonyl (C=O) groups excluding carboxylic acids is 1. The van der Waals surface area contributed by atoms with Gasteiger partial charge in [-0.15, -0.1) is 12.4 Å². The van der Waals surface area contributed by atoms with Gasteiger partial charge in [0, 0.05) is 6.54 Å². The fourth-order valence-corrected chi connectivity index (χ4v) is 3.04. The Bertz CT molecular complexity index is 1370. The molecule has 5 rings (SSSR count). The third-order valence-electron chi connectivity index (χ3n) is 4.55. The Hall–Kier alpha value is -4.22. The summed E-state index contributed by atoms with van der Waals surface area (Å²) in [7, 11) is 0. The third-order valence-corrected chi connectivity index (χ3v) is 4.55. The van der Waals surface area contributed by atoms with E-state index in [2.05, 4.69) is 20.4 Å². The molecule has 0 unspecified atom stereocenters. The summed E-state index contributed by atoms with van der Waals surface area (Å²) < 4.78 is 6.61. The van der Waals surface area contributed by atoms with Crippen LogP contribution in [0.25, 0.3) is 16.7 Å². The fraction of sp³-hybridized carbons (Fsp3) is 0.0952. The Kier molecular flexibility index (Phi) is 7.06.